The molecule has 1 aliphatic heterocycles. The minimum absolute atomic E-state index is 0.0263. The van der Waals surface area contributed by atoms with E-state index in [-0.39, 0.29) is 18.3 Å². The topological polar surface area (TPSA) is 42.0 Å². The minimum Gasteiger partial charge on any atom is -0.497 e. The maximum Gasteiger partial charge on any atom is 0.120 e. The van der Waals surface area contributed by atoms with Crippen LogP contribution in [0.1, 0.15) is 18.6 Å². The molecule has 0 aromatic heterocycles. The van der Waals surface area contributed by atoms with Gasteiger partial charge >= 0.3 is 0 Å². The van der Waals surface area contributed by atoms with Crippen LogP contribution in [-0.4, -0.2) is 24.4 Å². The van der Waals surface area contributed by atoms with Gasteiger partial charge in [0.2, 0.25) is 0 Å². The Balaban J connectivity index is 2.12. The normalized spacial score (nSPS) is 30.1. The van der Waals surface area contributed by atoms with E-state index in [1.165, 1.54) is 0 Å². The summed E-state index contributed by atoms with van der Waals surface area (Å²) in [6.07, 6.45) is 0.0263. The summed E-state index contributed by atoms with van der Waals surface area (Å²) in [5.74, 6) is 0.833. The number of benzene rings is 1. The quantitative estimate of drug-likeness (QED) is 0.742. The van der Waals surface area contributed by atoms with E-state index in [0.717, 1.165) is 11.3 Å². The van der Waals surface area contributed by atoms with E-state index >= 15 is 0 Å². The van der Waals surface area contributed by atoms with Gasteiger partial charge in [0, 0.05) is 0 Å². The van der Waals surface area contributed by atoms with Gasteiger partial charge < -0.3 is 14.6 Å². The molecular weight excluding hydrogens is 180 g/mol. The smallest absolute Gasteiger partial charge is 0.120 e. The predicted octanol–water partition coefficient (Wildman–Crippen LogP) is 1.52. The van der Waals surface area contributed by atoms with Crippen molar-refractivity contribution in [3.05, 3.63) is 29.8 Å². The second-order valence-corrected chi connectivity index (χ2v) is 3.74. The molecule has 3 heteroatoms. The first-order chi connectivity index (χ1) is 6.69. The fraction of sp³-hybridized carbons (Fsp3) is 0.455. The van der Waals surface area contributed by atoms with Crippen LogP contribution in [0.4, 0.5) is 0 Å². The maximum atomic E-state index is 9.05. The molecule has 1 aliphatic rings. The SMILES string of the molecule is COc1ccc(C2O[C@]2(C)CO)cc1. The number of hydrogen-bond acceptors (Lipinski definition) is 3. The van der Waals surface area contributed by atoms with Crippen LogP contribution in [0, 0.1) is 0 Å². The zero-order valence-electron chi connectivity index (χ0n) is 8.36. The molecule has 1 fully saturated rings. The van der Waals surface area contributed by atoms with Crippen molar-refractivity contribution >= 4 is 0 Å². The lowest BCUT2D eigenvalue weighted by atomic mass is 10.0. The zero-order valence-corrected chi connectivity index (χ0v) is 8.36. The van der Waals surface area contributed by atoms with Crippen molar-refractivity contribution in [3.63, 3.8) is 0 Å². The van der Waals surface area contributed by atoms with Crippen molar-refractivity contribution in [1.82, 2.24) is 0 Å². The standard InChI is InChI=1S/C11H14O3/c1-11(7-12)10(14-11)8-3-5-9(13-2)6-4-8/h3-6,10,12H,7H2,1-2H3/t10?,11-/m1/s1. The number of rotatable bonds is 3. The van der Waals surface area contributed by atoms with Gasteiger partial charge in [-0.15, -0.1) is 0 Å². The number of hydrogen-bond donors (Lipinski definition) is 1. The molecule has 1 aromatic rings. The van der Waals surface area contributed by atoms with Gasteiger partial charge in [-0.05, 0) is 24.6 Å². The summed E-state index contributed by atoms with van der Waals surface area (Å²) in [5, 5.41) is 9.05. The minimum atomic E-state index is -0.380. The largest absolute Gasteiger partial charge is 0.497 e. The van der Waals surface area contributed by atoms with Crippen LogP contribution in [-0.2, 0) is 4.74 Å². The molecular formula is C11H14O3. The van der Waals surface area contributed by atoms with Crippen LogP contribution in [0.15, 0.2) is 24.3 Å². The third-order valence-corrected chi connectivity index (χ3v) is 2.62. The lowest BCUT2D eigenvalue weighted by molar-refractivity contribution is 0.184. The third kappa shape index (κ3) is 1.49. The fourth-order valence-corrected chi connectivity index (χ4v) is 1.55. The van der Waals surface area contributed by atoms with Gasteiger partial charge in [-0.2, -0.15) is 0 Å². The zero-order chi connectivity index (χ0) is 10.2. The molecule has 1 aromatic carbocycles. The summed E-state index contributed by atoms with van der Waals surface area (Å²) in [7, 11) is 1.64. The van der Waals surface area contributed by atoms with Gasteiger partial charge in [0.25, 0.3) is 0 Å². The number of epoxide rings is 1. The third-order valence-electron chi connectivity index (χ3n) is 2.62. The second-order valence-electron chi connectivity index (χ2n) is 3.74. The van der Waals surface area contributed by atoms with E-state index in [1.807, 2.05) is 31.2 Å². The Morgan fingerprint density at radius 3 is 2.50 bits per heavy atom. The Bertz CT molecular complexity index is 320. The molecule has 0 aliphatic carbocycles. The van der Waals surface area contributed by atoms with Gasteiger partial charge in [-0.3, -0.25) is 0 Å². The Kier molecular flexibility index (Phi) is 2.21. The molecule has 0 radical (unpaired) electrons. The van der Waals surface area contributed by atoms with Crippen LogP contribution < -0.4 is 4.74 Å². The fourth-order valence-electron chi connectivity index (χ4n) is 1.55. The first-order valence-corrected chi connectivity index (χ1v) is 4.62. The Labute approximate surface area is 83.3 Å². The molecule has 0 saturated carbocycles. The number of aliphatic hydroxyl groups excluding tert-OH is 1. The molecule has 2 rings (SSSR count). The van der Waals surface area contributed by atoms with E-state index in [4.69, 9.17) is 14.6 Å². The summed E-state index contributed by atoms with van der Waals surface area (Å²) in [6.45, 7) is 1.96. The highest BCUT2D eigenvalue weighted by atomic mass is 16.6. The number of aliphatic hydroxyl groups is 1. The monoisotopic (exact) mass is 194 g/mol. The summed E-state index contributed by atoms with van der Waals surface area (Å²) in [5.41, 5.74) is 0.705. The lowest BCUT2D eigenvalue weighted by Crippen LogP contribution is -2.11. The van der Waals surface area contributed by atoms with E-state index < -0.39 is 0 Å². The molecule has 14 heavy (non-hydrogen) atoms. The molecule has 2 atom stereocenters. The van der Waals surface area contributed by atoms with Crippen molar-refractivity contribution in [2.45, 2.75) is 18.6 Å². The highest BCUT2D eigenvalue weighted by Crippen LogP contribution is 2.48. The van der Waals surface area contributed by atoms with Gasteiger partial charge in [0.15, 0.2) is 0 Å². The van der Waals surface area contributed by atoms with Gasteiger partial charge in [0.1, 0.15) is 17.5 Å². The van der Waals surface area contributed by atoms with Crippen molar-refractivity contribution in [3.8, 4) is 5.75 Å². The van der Waals surface area contributed by atoms with Crippen LogP contribution >= 0.6 is 0 Å². The maximum absolute atomic E-state index is 9.05. The van der Waals surface area contributed by atoms with Gasteiger partial charge in [-0.1, -0.05) is 12.1 Å². The molecule has 0 spiro atoms. The van der Waals surface area contributed by atoms with Crippen LogP contribution in [0.3, 0.4) is 0 Å². The van der Waals surface area contributed by atoms with Crippen LogP contribution in [0.5, 0.6) is 5.75 Å². The van der Waals surface area contributed by atoms with E-state index in [9.17, 15) is 0 Å². The highest BCUT2D eigenvalue weighted by molar-refractivity contribution is 5.32. The first-order valence-electron chi connectivity index (χ1n) is 4.62. The Morgan fingerprint density at radius 1 is 1.43 bits per heavy atom. The van der Waals surface area contributed by atoms with Crippen molar-refractivity contribution in [2.24, 2.45) is 0 Å². The Hall–Kier alpha value is -1.06. The number of ether oxygens (including phenoxy) is 2. The van der Waals surface area contributed by atoms with Crippen LogP contribution in [0.25, 0.3) is 0 Å². The summed E-state index contributed by atoms with van der Waals surface area (Å²) >= 11 is 0. The molecule has 76 valence electrons. The highest BCUT2D eigenvalue weighted by Gasteiger charge is 2.52. The van der Waals surface area contributed by atoms with Crippen molar-refractivity contribution in [1.29, 1.82) is 0 Å². The number of methoxy groups -OCH3 is 1. The van der Waals surface area contributed by atoms with Gasteiger partial charge in [-0.25, -0.2) is 0 Å². The molecule has 1 heterocycles. The van der Waals surface area contributed by atoms with Crippen molar-refractivity contribution in [2.75, 3.05) is 13.7 Å². The average Bonchev–Trinajstić information content (AvgIpc) is 2.92. The average molecular weight is 194 g/mol. The molecule has 3 nitrogen and oxygen atoms in total. The molecule has 1 unspecified atom stereocenters. The van der Waals surface area contributed by atoms with E-state index in [0.29, 0.717) is 0 Å². The predicted molar refractivity (Wildman–Crippen MR) is 52.3 cm³/mol. The summed E-state index contributed by atoms with van der Waals surface area (Å²) in [4.78, 5) is 0. The summed E-state index contributed by atoms with van der Waals surface area (Å²) < 4.78 is 10.5. The second kappa shape index (κ2) is 3.26. The lowest BCUT2D eigenvalue weighted by Gasteiger charge is -2.02. The Morgan fingerprint density at radius 2 is 2.07 bits per heavy atom. The molecule has 0 bridgehead atoms. The van der Waals surface area contributed by atoms with E-state index in [1.54, 1.807) is 7.11 Å². The molecule has 1 N–H and O–H groups in total. The molecule has 0 amide bonds. The van der Waals surface area contributed by atoms with Gasteiger partial charge in [0.05, 0.1) is 13.7 Å². The van der Waals surface area contributed by atoms with Crippen LogP contribution in [0.2, 0.25) is 0 Å². The molecule has 1 saturated heterocycles. The summed E-state index contributed by atoms with van der Waals surface area (Å²) in [6, 6.07) is 7.72. The van der Waals surface area contributed by atoms with Crippen molar-refractivity contribution < 1.29 is 14.6 Å². The van der Waals surface area contributed by atoms with E-state index in [2.05, 4.69) is 0 Å². The first kappa shape index (κ1) is 9.49.